The SMILES string of the molecule is N[C@@H]1C[C@H](N)CN(c2nc(Nc3ccc(NC(=O)c4ccc(Cl)cc4O)c(O)c3)nc(N3C[C@H](N)C[C@H](N)C3)n2)C1. The van der Waals surface area contributed by atoms with Gasteiger partial charge in [-0.3, -0.25) is 4.79 Å². The molecule has 41 heavy (non-hydrogen) atoms. The third-order valence-corrected chi connectivity index (χ3v) is 7.15. The van der Waals surface area contributed by atoms with Crippen LogP contribution in [-0.4, -0.2) is 81.4 Å². The number of amides is 1. The Morgan fingerprint density at radius 1 is 0.805 bits per heavy atom. The molecule has 2 aliphatic rings. The number of nitrogens with one attached hydrogen (secondary N) is 2. The van der Waals surface area contributed by atoms with Crippen molar-refractivity contribution < 1.29 is 15.0 Å². The largest absolute Gasteiger partial charge is 0.507 e. The zero-order chi connectivity index (χ0) is 29.3. The summed E-state index contributed by atoms with van der Waals surface area (Å²) in [5, 5.41) is 26.7. The fraction of sp³-hybridized carbons (Fsp3) is 0.385. The summed E-state index contributed by atoms with van der Waals surface area (Å²) in [5.41, 5.74) is 25.5. The van der Waals surface area contributed by atoms with E-state index in [1.807, 2.05) is 9.80 Å². The first-order chi connectivity index (χ1) is 19.5. The van der Waals surface area contributed by atoms with E-state index < -0.39 is 5.91 Å². The van der Waals surface area contributed by atoms with Crippen molar-refractivity contribution in [3.05, 3.63) is 47.0 Å². The number of hydrogen-bond acceptors (Lipinski definition) is 13. The van der Waals surface area contributed by atoms with Crippen LogP contribution in [0.1, 0.15) is 23.2 Å². The summed E-state index contributed by atoms with van der Waals surface area (Å²) in [6.07, 6.45) is 1.41. The maximum atomic E-state index is 12.6. The van der Waals surface area contributed by atoms with Gasteiger partial charge in [0.15, 0.2) is 0 Å². The monoisotopic (exact) mass is 583 g/mol. The van der Waals surface area contributed by atoms with E-state index in [1.54, 1.807) is 6.07 Å². The normalized spacial score (nSPS) is 22.9. The predicted molar refractivity (Wildman–Crippen MR) is 158 cm³/mol. The summed E-state index contributed by atoms with van der Waals surface area (Å²) < 4.78 is 0. The molecule has 1 aromatic heterocycles. The zero-order valence-corrected chi connectivity index (χ0v) is 23.0. The first-order valence-corrected chi connectivity index (χ1v) is 13.6. The standard InChI is InChI=1S/C26H34ClN11O3/c27-13-1-3-19(21(39)5-13)23(41)33-20-4-2-18(8-22(20)40)32-24-34-25(37-9-14(28)6-15(29)10-37)36-26(35-24)38-11-16(30)7-17(31)12-38/h1-5,8,14-17,39-40H,6-7,9-12,28-31H2,(H,33,41)(H,32,34,35,36)/t14-,15+,16-,17+. The molecule has 0 spiro atoms. The molecule has 2 saturated heterocycles. The van der Waals surface area contributed by atoms with Crippen LogP contribution in [0.25, 0.3) is 0 Å². The summed E-state index contributed by atoms with van der Waals surface area (Å²) in [7, 11) is 0. The van der Waals surface area contributed by atoms with Gasteiger partial charge in [-0.2, -0.15) is 15.0 Å². The number of phenols is 2. The molecule has 15 heteroatoms. The highest BCUT2D eigenvalue weighted by Gasteiger charge is 2.29. The molecule has 2 aromatic carbocycles. The number of phenolic OH excluding ortho intramolecular Hbond substituents is 2. The molecule has 1 amide bonds. The molecular formula is C26H34ClN11O3. The van der Waals surface area contributed by atoms with Gasteiger partial charge in [0, 0.05) is 67.1 Å². The highest BCUT2D eigenvalue weighted by Crippen LogP contribution is 2.31. The lowest BCUT2D eigenvalue weighted by atomic mass is 10.0. The van der Waals surface area contributed by atoms with Crippen LogP contribution in [0.15, 0.2) is 36.4 Å². The molecule has 0 unspecified atom stereocenters. The summed E-state index contributed by atoms with van der Waals surface area (Å²) >= 11 is 5.84. The number of aromatic hydroxyl groups is 2. The fourth-order valence-electron chi connectivity index (χ4n) is 5.11. The minimum atomic E-state index is -0.613. The van der Waals surface area contributed by atoms with E-state index in [9.17, 15) is 15.0 Å². The lowest BCUT2D eigenvalue weighted by Crippen LogP contribution is -2.54. The van der Waals surface area contributed by atoms with Gasteiger partial charge < -0.3 is 53.6 Å². The summed E-state index contributed by atoms with van der Waals surface area (Å²) in [6.45, 7) is 2.14. The molecule has 0 bridgehead atoms. The number of piperidine rings is 2. The molecular weight excluding hydrogens is 550 g/mol. The Morgan fingerprint density at radius 2 is 1.37 bits per heavy atom. The van der Waals surface area contributed by atoms with Crippen LogP contribution in [0, 0.1) is 0 Å². The second-order valence-electron chi connectivity index (χ2n) is 10.6. The molecule has 4 atom stereocenters. The van der Waals surface area contributed by atoms with E-state index in [0.29, 0.717) is 61.6 Å². The van der Waals surface area contributed by atoms with Gasteiger partial charge in [0.2, 0.25) is 17.8 Å². The van der Waals surface area contributed by atoms with Gasteiger partial charge in [0.1, 0.15) is 11.5 Å². The van der Waals surface area contributed by atoms with E-state index in [4.69, 9.17) is 39.5 Å². The average molecular weight is 584 g/mol. The van der Waals surface area contributed by atoms with Crippen LogP contribution >= 0.6 is 11.6 Å². The fourth-order valence-corrected chi connectivity index (χ4v) is 5.27. The number of hydrogen-bond donors (Lipinski definition) is 8. The number of anilines is 5. The smallest absolute Gasteiger partial charge is 0.259 e. The zero-order valence-electron chi connectivity index (χ0n) is 22.2. The number of nitrogens with two attached hydrogens (primary N) is 4. The molecule has 2 fully saturated rings. The Morgan fingerprint density at radius 3 is 1.88 bits per heavy atom. The Kier molecular flexibility index (Phi) is 8.28. The number of rotatable bonds is 6. The third-order valence-electron chi connectivity index (χ3n) is 6.91. The highest BCUT2D eigenvalue weighted by molar-refractivity contribution is 6.31. The topological polar surface area (TPSA) is 231 Å². The molecule has 0 aliphatic carbocycles. The molecule has 218 valence electrons. The van der Waals surface area contributed by atoms with Crippen molar-refractivity contribution in [1.29, 1.82) is 0 Å². The van der Waals surface area contributed by atoms with Gasteiger partial charge in [-0.05, 0) is 43.2 Å². The van der Waals surface area contributed by atoms with E-state index in [1.165, 1.54) is 30.3 Å². The predicted octanol–water partition coefficient (Wildman–Crippen LogP) is 0.662. The quantitative estimate of drug-likeness (QED) is 0.187. The molecule has 12 N–H and O–H groups in total. The molecule has 0 saturated carbocycles. The second kappa shape index (κ2) is 11.9. The molecule has 3 aromatic rings. The van der Waals surface area contributed by atoms with Crippen molar-refractivity contribution in [2.24, 2.45) is 22.9 Å². The minimum Gasteiger partial charge on any atom is -0.507 e. The highest BCUT2D eigenvalue weighted by atomic mass is 35.5. The maximum Gasteiger partial charge on any atom is 0.259 e. The second-order valence-corrected chi connectivity index (χ2v) is 11.0. The average Bonchev–Trinajstić information content (AvgIpc) is 2.89. The van der Waals surface area contributed by atoms with Crippen LogP contribution in [0.3, 0.4) is 0 Å². The number of aromatic nitrogens is 3. The van der Waals surface area contributed by atoms with Gasteiger partial charge in [0.25, 0.3) is 5.91 Å². The van der Waals surface area contributed by atoms with Gasteiger partial charge >= 0.3 is 0 Å². The van der Waals surface area contributed by atoms with Crippen LogP contribution in [0.4, 0.5) is 29.2 Å². The molecule has 14 nitrogen and oxygen atoms in total. The third kappa shape index (κ3) is 6.86. The Labute approximate surface area is 241 Å². The molecule has 0 radical (unpaired) electrons. The van der Waals surface area contributed by atoms with Crippen molar-refractivity contribution >= 4 is 46.7 Å². The Balaban J connectivity index is 1.39. The van der Waals surface area contributed by atoms with Crippen molar-refractivity contribution in [1.82, 2.24) is 15.0 Å². The van der Waals surface area contributed by atoms with E-state index in [-0.39, 0.29) is 52.9 Å². The van der Waals surface area contributed by atoms with Gasteiger partial charge in [-0.25, -0.2) is 0 Å². The van der Waals surface area contributed by atoms with Crippen LogP contribution < -0.4 is 43.4 Å². The number of carbonyl (C=O) groups is 1. The lowest BCUT2D eigenvalue weighted by molar-refractivity contribution is 0.102. The van der Waals surface area contributed by atoms with E-state index in [0.717, 1.165) is 0 Å². The number of carbonyl (C=O) groups excluding carboxylic acids is 1. The Bertz CT molecular complexity index is 1360. The van der Waals surface area contributed by atoms with E-state index >= 15 is 0 Å². The van der Waals surface area contributed by atoms with Gasteiger partial charge in [-0.15, -0.1) is 0 Å². The van der Waals surface area contributed by atoms with Crippen LogP contribution in [0.2, 0.25) is 5.02 Å². The van der Waals surface area contributed by atoms with Gasteiger partial charge in [0.05, 0.1) is 11.3 Å². The summed E-state index contributed by atoms with van der Waals surface area (Å²) in [4.78, 5) is 30.4. The van der Waals surface area contributed by atoms with Crippen LogP contribution in [0.5, 0.6) is 11.5 Å². The van der Waals surface area contributed by atoms with Crippen molar-refractivity contribution in [2.75, 3.05) is 46.6 Å². The van der Waals surface area contributed by atoms with Crippen molar-refractivity contribution in [3.63, 3.8) is 0 Å². The van der Waals surface area contributed by atoms with Crippen molar-refractivity contribution in [2.45, 2.75) is 37.0 Å². The first kappa shape index (κ1) is 28.6. The van der Waals surface area contributed by atoms with E-state index in [2.05, 4.69) is 20.6 Å². The summed E-state index contributed by atoms with van der Waals surface area (Å²) in [5.74, 6) is -0.0587. The molecule has 3 heterocycles. The molecule has 2 aliphatic heterocycles. The summed E-state index contributed by atoms with van der Waals surface area (Å²) in [6, 6.07) is 8.21. The maximum absolute atomic E-state index is 12.6. The number of benzene rings is 2. The lowest BCUT2D eigenvalue weighted by Gasteiger charge is -2.37. The minimum absolute atomic E-state index is 0.00976. The first-order valence-electron chi connectivity index (χ1n) is 13.2. The molecule has 5 rings (SSSR count). The van der Waals surface area contributed by atoms with Crippen LogP contribution in [-0.2, 0) is 0 Å². The number of nitrogens with zero attached hydrogens (tertiary/aromatic N) is 5. The van der Waals surface area contributed by atoms with Gasteiger partial charge in [-0.1, -0.05) is 11.6 Å². The van der Waals surface area contributed by atoms with Crippen molar-refractivity contribution in [3.8, 4) is 11.5 Å². The Hall–Kier alpha value is -3.95. The number of halogens is 1.